The van der Waals surface area contributed by atoms with Crippen LogP contribution in [0, 0.1) is 0 Å². The van der Waals surface area contributed by atoms with Crippen LogP contribution in [0.4, 0.5) is 11.6 Å². The lowest BCUT2D eigenvalue weighted by Gasteiger charge is -2.24. The first-order chi connectivity index (χ1) is 13.5. The maximum atomic E-state index is 13.4. The Morgan fingerprint density at radius 3 is 2.25 bits per heavy atom. The highest BCUT2D eigenvalue weighted by Gasteiger charge is 2.32. The minimum Gasteiger partial charge on any atom is -0.494 e. The lowest BCUT2D eigenvalue weighted by atomic mass is 10.3. The van der Waals surface area contributed by atoms with Gasteiger partial charge in [0.15, 0.2) is 11.6 Å². The maximum Gasteiger partial charge on any atom is 0.265 e. The number of hydrogen-bond acceptors (Lipinski definition) is 6. The van der Waals surface area contributed by atoms with Crippen molar-refractivity contribution in [1.82, 2.24) is 9.97 Å². The predicted octanol–water partition coefficient (Wildman–Crippen LogP) is 3.06. The Balaban J connectivity index is 1.83. The van der Waals surface area contributed by atoms with Gasteiger partial charge in [-0.15, -0.1) is 0 Å². The first kappa shape index (κ1) is 18.5. The minimum atomic E-state index is -3.77. The highest BCUT2D eigenvalue weighted by molar-refractivity contribution is 7.92. The van der Waals surface area contributed by atoms with Gasteiger partial charge in [-0.2, -0.15) is 0 Å². The third kappa shape index (κ3) is 3.24. The van der Waals surface area contributed by atoms with Crippen molar-refractivity contribution in [2.24, 2.45) is 0 Å². The number of sulfonamides is 1. The molecule has 1 aliphatic heterocycles. The zero-order chi connectivity index (χ0) is 19.7. The second kappa shape index (κ2) is 7.27. The molecule has 3 aromatic rings. The molecule has 0 N–H and O–H groups in total. The number of aromatic nitrogens is 2. The quantitative estimate of drug-likeness (QED) is 0.672. The molecule has 0 saturated heterocycles. The molecule has 2 aromatic carbocycles. The van der Waals surface area contributed by atoms with Crippen molar-refractivity contribution < 1.29 is 13.2 Å². The molecule has 0 spiro atoms. The van der Waals surface area contributed by atoms with Crippen molar-refractivity contribution in [3.05, 3.63) is 48.5 Å². The van der Waals surface area contributed by atoms with Gasteiger partial charge in [-0.05, 0) is 49.7 Å². The molecule has 2 heterocycles. The van der Waals surface area contributed by atoms with Gasteiger partial charge in [-0.25, -0.2) is 22.7 Å². The Labute approximate surface area is 164 Å². The molecule has 1 aromatic heterocycles. The summed E-state index contributed by atoms with van der Waals surface area (Å²) in [7, 11) is -1.86. The first-order valence-electron chi connectivity index (χ1n) is 9.24. The molecule has 0 amide bonds. The van der Waals surface area contributed by atoms with Crippen LogP contribution in [0.1, 0.15) is 13.3 Å². The predicted molar refractivity (Wildman–Crippen MR) is 110 cm³/mol. The zero-order valence-corrected chi connectivity index (χ0v) is 16.7. The largest absolute Gasteiger partial charge is 0.494 e. The van der Waals surface area contributed by atoms with E-state index in [9.17, 15) is 8.42 Å². The van der Waals surface area contributed by atoms with Gasteiger partial charge in [0.05, 0.1) is 22.5 Å². The molecule has 146 valence electrons. The Hall–Kier alpha value is -2.87. The van der Waals surface area contributed by atoms with Crippen molar-refractivity contribution >= 4 is 32.7 Å². The Bertz CT molecular complexity index is 1100. The van der Waals surface area contributed by atoms with Crippen LogP contribution in [0.25, 0.3) is 11.0 Å². The van der Waals surface area contributed by atoms with E-state index < -0.39 is 10.0 Å². The molecule has 0 atom stereocenters. The van der Waals surface area contributed by atoms with E-state index in [2.05, 4.69) is 9.97 Å². The van der Waals surface area contributed by atoms with E-state index in [1.807, 2.05) is 43.1 Å². The molecule has 28 heavy (non-hydrogen) atoms. The van der Waals surface area contributed by atoms with Crippen LogP contribution in [-0.2, 0) is 10.0 Å². The summed E-state index contributed by atoms with van der Waals surface area (Å²) in [5.41, 5.74) is 1.41. The topological polar surface area (TPSA) is 75.6 Å². The fourth-order valence-electron chi connectivity index (χ4n) is 3.30. The number of nitrogens with zero attached hydrogens (tertiary/aromatic N) is 4. The van der Waals surface area contributed by atoms with Gasteiger partial charge in [0.2, 0.25) is 0 Å². The molecule has 8 heteroatoms. The summed E-state index contributed by atoms with van der Waals surface area (Å²) < 4.78 is 33.6. The highest BCUT2D eigenvalue weighted by atomic mass is 32.2. The van der Waals surface area contributed by atoms with Crippen LogP contribution in [-0.4, -0.2) is 45.1 Å². The number of ether oxygens (including phenoxy) is 1. The van der Waals surface area contributed by atoms with Crippen LogP contribution in [0.5, 0.6) is 5.75 Å². The molecule has 0 aliphatic carbocycles. The number of rotatable bonds is 4. The third-order valence-corrected chi connectivity index (χ3v) is 6.51. The van der Waals surface area contributed by atoms with Gasteiger partial charge in [0, 0.05) is 20.1 Å². The van der Waals surface area contributed by atoms with Crippen LogP contribution >= 0.6 is 0 Å². The van der Waals surface area contributed by atoms with Crippen molar-refractivity contribution in [1.29, 1.82) is 0 Å². The first-order valence-corrected chi connectivity index (χ1v) is 10.7. The average molecular weight is 398 g/mol. The smallest absolute Gasteiger partial charge is 0.265 e. The molecule has 0 fully saturated rings. The van der Waals surface area contributed by atoms with Gasteiger partial charge in [0.1, 0.15) is 5.75 Å². The van der Waals surface area contributed by atoms with Crippen molar-refractivity contribution in [2.45, 2.75) is 18.2 Å². The Morgan fingerprint density at radius 1 is 0.964 bits per heavy atom. The van der Waals surface area contributed by atoms with Crippen LogP contribution in [0.3, 0.4) is 0 Å². The molecule has 0 saturated carbocycles. The van der Waals surface area contributed by atoms with Crippen molar-refractivity contribution in [2.75, 3.05) is 35.9 Å². The molecular formula is C20H22N4O3S. The van der Waals surface area contributed by atoms with Crippen LogP contribution < -0.4 is 13.9 Å². The Kier molecular flexibility index (Phi) is 4.80. The normalized spacial score (nSPS) is 14.6. The summed E-state index contributed by atoms with van der Waals surface area (Å²) in [5.74, 6) is 1.58. The number of benzene rings is 2. The fourth-order valence-corrected chi connectivity index (χ4v) is 4.76. The lowest BCUT2D eigenvalue weighted by molar-refractivity contribution is 0.340. The molecular weight excluding hydrogens is 376 g/mol. The minimum absolute atomic E-state index is 0.210. The third-order valence-electron chi connectivity index (χ3n) is 4.71. The molecule has 0 unspecified atom stereocenters. The number of para-hydroxylation sites is 2. The summed E-state index contributed by atoms with van der Waals surface area (Å²) in [5, 5.41) is 0. The molecule has 0 bridgehead atoms. The van der Waals surface area contributed by atoms with E-state index in [0.29, 0.717) is 49.0 Å². The molecule has 1 aliphatic rings. The van der Waals surface area contributed by atoms with Gasteiger partial charge in [-0.3, -0.25) is 0 Å². The van der Waals surface area contributed by atoms with Gasteiger partial charge < -0.3 is 9.64 Å². The van der Waals surface area contributed by atoms with Crippen LogP contribution in [0.15, 0.2) is 53.4 Å². The van der Waals surface area contributed by atoms with E-state index in [-0.39, 0.29) is 4.90 Å². The summed E-state index contributed by atoms with van der Waals surface area (Å²) >= 11 is 0. The highest BCUT2D eigenvalue weighted by Crippen LogP contribution is 2.34. The number of anilines is 2. The van der Waals surface area contributed by atoms with E-state index in [1.54, 1.807) is 24.3 Å². The zero-order valence-electron chi connectivity index (χ0n) is 15.9. The van der Waals surface area contributed by atoms with E-state index in [1.165, 1.54) is 4.31 Å². The van der Waals surface area contributed by atoms with E-state index in [4.69, 9.17) is 4.74 Å². The average Bonchev–Trinajstić information content (AvgIpc) is 2.86. The standard InChI is InChI=1S/C20H22N4O3S/c1-3-27-15-9-11-16(12-10-15)28(25,26)24-14-6-13-23(2)19-20(24)22-18-8-5-4-7-17(18)21-19/h4-5,7-12H,3,6,13-14H2,1-2H3. The molecule has 4 rings (SSSR count). The molecule has 7 nitrogen and oxygen atoms in total. The fraction of sp³-hybridized carbons (Fsp3) is 0.300. The summed E-state index contributed by atoms with van der Waals surface area (Å²) in [4.78, 5) is 11.5. The van der Waals surface area contributed by atoms with Gasteiger partial charge in [0.25, 0.3) is 10.0 Å². The summed E-state index contributed by atoms with van der Waals surface area (Å²) in [6.45, 7) is 3.47. The van der Waals surface area contributed by atoms with E-state index in [0.717, 1.165) is 5.52 Å². The number of hydrogen-bond donors (Lipinski definition) is 0. The molecule has 0 radical (unpaired) electrons. The van der Waals surface area contributed by atoms with Gasteiger partial charge in [-0.1, -0.05) is 12.1 Å². The Morgan fingerprint density at radius 2 is 1.61 bits per heavy atom. The van der Waals surface area contributed by atoms with Crippen molar-refractivity contribution in [3.63, 3.8) is 0 Å². The second-order valence-corrected chi connectivity index (χ2v) is 8.48. The lowest BCUT2D eigenvalue weighted by Crippen LogP contribution is -2.32. The van der Waals surface area contributed by atoms with E-state index >= 15 is 0 Å². The summed E-state index contributed by atoms with van der Waals surface area (Å²) in [6, 6.07) is 14.0. The second-order valence-electron chi connectivity index (χ2n) is 6.62. The number of fused-ring (bicyclic) bond motifs is 2. The van der Waals surface area contributed by atoms with Crippen molar-refractivity contribution in [3.8, 4) is 5.75 Å². The monoisotopic (exact) mass is 398 g/mol. The maximum absolute atomic E-state index is 13.4. The SMILES string of the molecule is CCOc1ccc(S(=O)(=O)N2CCCN(C)c3nc4ccccc4nc32)cc1. The van der Waals surface area contributed by atoms with Gasteiger partial charge >= 0.3 is 0 Å². The van der Waals surface area contributed by atoms with Crippen LogP contribution in [0.2, 0.25) is 0 Å². The summed E-state index contributed by atoms with van der Waals surface area (Å²) in [6.07, 6.45) is 0.682.